The summed E-state index contributed by atoms with van der Waals surface area (Å²) in [5.74, 6) is -0.0855. The predicted molar refractivity (Wildman–Crippen MR) is 120 cm³/mol. The number of carbonyl (C=O) groups is 1. The Hall–Kier alpha value is -2.24. The summed E-state index contributed by atoms with van der Waals surface area (Å²) < 4.78 is 32.3. The molecule has 11 heteroatoms. The van der Waals surface area contributed by atoms with Gasteiger partial charge in [0.15, 0.2) is 0 Å². The van der Waals surface area contributed by atoms with Crippen molar-refractivity contribution in [3.8, 4) is 0 Å². The molecule has 3 rings (SSSR count). The molecule has 10 nitrogen and oxygen atoms in total. The van der Waals surface area contributed by atoms with Crippen molar-refractivity contribution in [1.29, 1.82) is 0 Å². The molecule has 0 saturated carbocycles. The van der Waals surface area contributed by atoms with Crippen molar-refractivity contribution in [2.24, 2.45) is 5.92 Å². The van der Waals surface area contributed by atoms with E-state index in [2.05, 4.69) is 12.2 Å². The Labute approximate surface area is 189 Å². The summed E-state index contributed by atoms with van der Waals surface area (Å²) in [6.07, 6.45) is 3.11. The molecule has 1 aromatic rings. The summed E-state index contributed by atoms with van der Waals surface area (Å²) in [7, 11) is -3.82. The van der Waals surface area contributed by atoms with E-state index in [0.29, 0.717) is 44.8 Å². The lowest BCUT2D eigenvalue weighted by molar-refractivity contribution is -0.384. The first-order valence-electron chi connectivity index (χ1n) is 11.2. The summed E-state index contributed by atoms with van der Waals surface area (Å²) in [6, 6.07) is 4.21. The first-order chi connectivity index (χ1) is 15.2. The molecular formula is C21H32N4O6S. The number of nitro groups is 1. The molecule has 0 spiro atoms. The minimum atomic E-state index is -3.82. The average molecular weight is 469 g/mol. The number of nitrogens with zero attached hydrogens (tertiary/aromatic N) is 3. The lowest BCUT2D eigenvalue weighted by atomic mass is 9.95. The van der Waals surface area contributed by atoms with Crippen molar-refractivity contribution in [1.82, 2.24) is 9.62 Å². The maximum absolute atomic E-state index is 12.9. The van der Waals surface area contributed by atoms with E-state index in [4.69, 9.17) is 4.74 Å². The molecule has 1 unspecified atom stereocenters. The van der Waals surface area contributed by atoms with Gasteiger partial charge in [-0.2, -0.15) is 4.31 Å². The third-order valence-corrected chi connectivity index (χ3v) is 7.96. The maximum Gasteiger partial charge on any atom is 0.293 e. The fourth-order valence-corrected chi connectivity index (χ4v) is 5.69. The van der Waals surface area contributed by atoms with Gasteiger partial charge in [0, 0.05) is 44.2 Å². The summed E-state index contributed by atoms with van der Waals surface area (Å²) in [6.45, 7) is 6.12. The molecule has 0 aliphatic carbocycles. The topological polar surface area (TPSA) is 122 Å². The van der Waals surface area contributed by atoms with Gasteiger partial charge < -0.3 is 15.0 Å². The van der Waals surface area contributed by atoms with E-state index in [1.54, 1.807) is 0 Å². The molecule has 0 radical (unpaired) electrons. The Morgan fingerprint density at radius 1 is 1.25 bits per heavy atom. The molecule has 2 fully saturated rings. The molecule has 0 aromatic heterocycles. The largest absolute Gasteiger partial charge is 0.379 e. The van der Waals surface area contributed by atoms with E-state index in [1.807, 2.05) is 11.8 Å². The monoisotopic (exact) mass is 468 g/mol. The summed E-state index contributed by atoms with van der Waals surface area (Å²) in [5.41, 5.74) is 0.146. The quantitative estimate of drug-likeness (QED) is 0.458. The van der Waals surface area contributed by atoms with Crippen LogP contribution in [0.4, 0.5) is 11.4 Å². The second-order valence-corrected chi connectivity index (χ2v) is 10.3. The lowest BCUT2D eigenvalue weighted by Gasteiger charge is -2.33. The number of rotatable bonds is 8. The fourth-order valence-electron chi connectivity index (χ4n) is 4.26. The number of hydrogen-bond acceptors (Lipinski definition) is 7. The molecule has 1 N–H and O–H groups in total. The maximum atomic E-state index is 12.9. The van der Waals surface area contributed by atoms with Gasteiger partial charge in [0.2, 0.25) is 15.9 Å². The van der Waals surface area contributed by atoms with Crippen LogP contribution in [0.5, 0.6) is 0 Å². The summed E-state index contributed by atoms with van der Waals surface area (Å²) in [5, 5.41) is 14.8. The zero-order valence-corrected chi connectivity index (χ0v) is 19.5. The number of amides is 1. The van der Waals surface area contributed by atoms with Gasteiger partial charge in [-0.3, -0.25) is 14.9 Å². The van der Waals surface area contributed by atoms with Crippen molar-refractivity contribution in [2.75, 3.05) is 44.3 Å². The minimum Gasteiger partial charge on any atom is -0.379 e. The number of nitro benzene ring substituents is 1. The van der Waals surface area contributed by atoms with Gasteiger partial charge in [-0.25, -0.2) is 8.42 Å². The van der Waals surface area contributed by atoms with Crippen LogP contribution in [0.2, 0.25) is 0 Å². The second kappa shape index (κ2) is 10.6. The van der Waals surface area contributed by atoms with Crippen molar-refractivity contribution < 1.29 is 22.9 Å². The summed E-state index contributed by atoms with van der Waals surface area (Å²) >= 11 is 0. The zero-order chi connectivity index (χ0) is 23.3. The first-order valence-corrected chi connectivity index (χ1v) is 12.6. The van der Waals surface area contributed by atoms with Gasteiger partial charge in [-0.15, -0.1) is 0 Å². The number of piperidine rings is 1. The minimum absolute atomic E-state index is 0.0343. The number of anilines is 1. The SMILES string of the molecule is CCCC(C)NC(=O)C1CCN(c2ccc(S(=O)(=O)N3CCOCC3)cc2[N+](=O)[O-])CC1. The third kappa shape index (κ3) is 5.57. The number of carbonyl (C=O) groups excluding carboxylic acids is 1. The van der Waals surface area contributed by atoms with E-state index in [-0.39, 0.29) is 41.5 Å². The molecule has 1 atom stereocenters. The Bertz CT molecular complexity index is 924. The molecule has 2 saturated heterocycles. The standard InChI is InChI=1S/C21H32N4O6S/c1-3-4-16(2)22-21(26)17-7-9-23(10-8-17)19-6-5-18(15-20(19)25(27)28)32(29,30)24-11-13-31-14-12-24/h5-6,15-17H,3-4,7-14H2,1-2H3,(H,22,26). The Kier molecular flexibility index (Phi) is 8.07. The highest BCUT2D eigenvalue weighted by molar-refractivity contribution is 7.89. The number of morpholine rings is 1. The van der Waals surface area contributed by atoms with Gasteiger partial charge in [0.25, 0.3) is 5.69 Å². The van der Waals surface area contributed by atoms with Crippen LogP contribution in [0.3, 0.4) is 0 Å². The molecular weight excluding hydrogens is 436 g/mol. The van der Waals surface area contributed by atoms with E-state index >= 15 is 0 Å². The number of nitrogens with one attached hydrogen (secondary N) is 1. The molecule has 2 heterocycles. The lowest BCUT2D eigenvalue weighted by Crippen LogP contribution is -2.43. The first kappa shape index (κ1) is 24.4. The van der Waals surface area contributed by atoms with Crippen LogP contribution in [0.25, 0.3) is 0 Å². The van der Waals surface area contributed by atoms with Crippen molar-refractivity contribution >= 4 is 27.3 Å². The Morgan fingerprint density at radius 3 is 2.50 bits per heavy atom. The van der Waals surface area contributed by atoms with Gasteiger partial charge in [-0.05, 0) is 38.3 Å². The zero-order valence-electron chi connectivity index (χ0n) is 18.7. The normalized spacial score (nSPS) is 19.5. The highest BCUT2D eigenvalue weighted by atomic mass is 32.2. The van der Waals surface area contributed by atoms with E-state index in [1.165, 1.54) is 16.4 Å². The van der Waals surface area contributed by atoms with Gasteiger partial charge in [-0.1, -0.05) is 13.3 Å². The fraction of sp³-hybridized carbons (Fsp3) is 0.667. The molecule has 178 valence electrons. The van der Waals surface area contributed by atoms with Crippen molar-refractivity contribution in [2.45, 2.75) is 50.5 Å². The highest BCUT2D eigenvalue weighted by Crippen LogP contribution is 2.34. The van der Waals surface area contributed by atoms with Gasteiger partial charge >= 0.3 is 0 Å². The number of benzene rings is 1. The molecule has 32 heavy (non-hydrogen) atoms. The molecule has 0 bridgehead atoms. The second-order valence-electron chi connectivity index (χ2n) is 8.38. The van der Waals surface area contributed by atoms with E-state index < -0.39 is 14.9 Å². The van der Waals surface area contributed by atoms with Crippen molar-refractivity contribution in [3.63, 3.8) is 0 Å². The molecule has 1 amide bonds. The Morgan fingerprint density at radius 2 is 1.91 bits per heavy atom. The van der Waals surface area contributed by atoms with Gasteiger partial charge in [0.05, 0.1) is 23.0 Å². The van der Waals surface area contributed by atoms with Crippen molar-refractivity contribution in [3.05, 3.63) is 28.3 Å². The summed E-state index contributed by atoms with van der Waals surface area (Å²) in [4.78, 5) is 25.5. The number of hydrogen-bond donors (Lipinski definition) is 1. The van der Waals surface area contributed by atoms with Crippen LogP contribution in [0.15, 0.2) is 23.1 Å². The van der Waals surface area contributed by atoms with Crippen LogP contribution < -0.4 is 10.2 Å². The van der Waals surface area contributed by atoms with Gasteiger partial charge in [0.1, 0.15) is 5.69 Å². The number of ether oxygens (including phenoxy) is 1. The van der Waals surface area contributed by atoms with Crippen LogP contribution in [-0.2, 0) is 19.6 Å². The Balaban J connectivity index is 1.72. The molecule has 2 aliphatic rings. The predicted octanol–water partition coefficient (Wildman–Crippen LogP) is 2.14. The molecule has 2 aliphatic heterocycles. The van der Waals surface area contributed by atoms with E-state index in [0.717, 1.165) is 18.9 Å². The number of sulfonamides is 1. The van der Waals surface area contributed by atoms with Crippen LogP contribution in [0.1, 0.15) is 39.5 Å². The van der Waals surface area contributed by atoms with E-state index in [9.17, 15) is 23.3 Å². The highest BCUT2D eigenvalue weighted by Gasteiger charge is 2.32. The average Bonchev–Trinajstić information content (AvgIpc) is 2.79. The van der Waals surface area contributed by atoms with Crippen LogP contribution >= 0.6 is 0 Å². The smallest absolute Gasteiger partial charge is 0.293 e. The molecule has 1 aromatic carbocycles. The van der Waals surface area contributed by atoms with Crippen LogP contribution in [0, 0.1) is 16.0 Å². The third-order valence-electron chi connectivity index (χ3n) is 6.07. The van der Waals surface area contributed by atoms with Crippen LogP contribution in [-0.4, -0.2) is 69.0 Å².